The van der Waals surface area contributed by atoms with Crippen molar-refractivity contribution in [3.05, 3.63) is 103 Å². The van der Waals surface area contributed by atoms with Gasteiger partial charge in [0.1, 0.15) is 16.9 Å². The standard InChI is InChI=1S/C21H17N5O4/c1-12-4-6-13(7-5-12)11-26-17-14(3-2-8-22-17)9-15(20(26)29)18(27)24-16-10-23-21(30)25-19(16)28/h2-10H,11H2,1H3,(H,24,27)(H2,23,25,28,30). The Kier molecular flexibility index (Phi) is 4.85. The predicted octanol–water partition coefficient (Wildman–Crippen LogP) is 1.38. The number of nitrogens with one attached hydrogen (secondary N) is 3. The molecule has 3 heterocycles. The lowest BCUT2D eigenvalue weighted by molar-refractivity contribution is 0.102. The summed E-state index contributed by atoms with van der Waals surface area (Å²) >= 11 is 0. The number of aromatic nitrogens is 4. The molecule has 0 bridgehead atoms. The Morgan fingerprint density at radius 2 is 1.90 bits per heavy atom. The van der Waals surface area contributed by atoms with Crippen molar-refractivity contribution in [2.45, 2.75) is 13.5 Å². The average Bonchev–Trinajstić information content (AvgIpc) is 2.73. The molecule has 4 rings (SSSR count). The first kappa shape index (κ1) is 19.1. The zero-order valence-corrected chi connectivity index (χ0v) is 15.9. The van der Waals surface area contributed by atoms with Gasteiger partial charge in [0.15, 0.2) is 0 Å². The second kappa shape index (κ2) is 7.63. The van der Waals surface area contributed by atoms with Gasteiger partial charge < -0.3 is 10.3 Å². The normalized spacial score (nSPS) is 10.8. The molecule has 0 aliphatic carbocycles. The van der Waals surface area contributed by atoms with Crippen LogP contribution in [0.25, 0.3) is 11.0 Å². The van der Waals surface area contributed by atoms with Crippen molar-refractivity contribution in [1.82, 2.24) is 19.5 Å². The quantitative estimate of drug-likeness (QED) is 0.474. The summed E-state index contributed by atoms with van der Waals surface area (Å²) in [7, 11) is 0. The Balaban J connectivity index is 1.80. The molecular formula is C21H17N5O4. The summed E-state index contributed by atoms with van der Waals surface area (Å²) in [6.07, 6.45) is 2.65. The molecule has 150 valence electrons. The van der Waals surface area contributed by atoms with Crippen LogP contribution in [0.4, 0.5) is 5.69 Å². The average molecular weight is 403 g/mol. The van der Waals surface area contributed by atoms with E-state index in [1.54, 1.807) is 18.3 Å². The van der Waals surface area contributed by atoms with Crippen molar-refractivity contribution in [2.75, 3.05) is 5.32 Å². The Morgan fingerprint density at radius 3 is 2.63 bits per heavy atom. The number of pyridine rings is 2. The number of aromatic amines is 2. The third-order valence-electron chi connectivity index (χ3n) is 4.62. The molecule has 1 aromatic carbocycles. The van der Waals surface area contributed by atoms with E-state index in [9.17, 15) is 19.2 Å². The zero-order valence-electron chi connectivity index (χ0n) is 15.9. The van der Waals surface area contributed by atoms with E-state index in [0.717, 1.165) is 17.3 Å². The van der Waals surface area contributed by atoms with Gasteiger partial charge in [0, 0.05) is 17.8 Å². The topological polar surface area (TPSA) is 130 Å². The van der Waals surface area contributed by atoms with Crippen molar-refractivity contribution >= 4 is 22.6 Å². The number of rotatable bonds is 4. The lowest BCUT2D eigenvalue weighted by Gasteiger charge is -2.12. The van der Waals surface area contributed by atoms with E-state index in [1.807, 2.05) is 36.2 Å². The number of hydrogen-bond donors (Lipinski definition) is 3. The van der Waals surface area contributed by atoms with Gasteiger partial charge in [-0.1, -0.05) is 29.8 Å². The highest BCUT2D eigenvalue weighted by Crippen LogP contribution is 2.14. The number of H-pyrrole nitrogens is 2. The molecule has 30 heavy (non-hydrogen) atoms. The van der Waals surface area contributed by atoms with Crippen LogP contribution in [0.5, 0.6) is 0 Å². The monoisotopic (exact) mass is 403 g/mol. The van der Waals surface area contributed by atoms with Gasteiger partial charge in [0.2, 0.25) is 0 Å². The summed E-state index contributed by atoms with van der Waals surface area (Å²) in [6.45, 7) is 2.20. The number of fused-ring (bicyclic) bond motifs is 1. The van der Waals surface area contributed by atoms with E-state index in [0.29, 0.717) is 11.0 Å². The second-order valence-electron chi connectivity index (χ2n) is 6.79. The van der Waals surface area contributed by atoms with Gasteiger partial charge in [-0.25, -0.2) is 9.78 Å². The number of aryl methyl sites for hydroxylation is 1. The number of nitrogens with zero attached hydrogens (tertiary/aromatic N) is 2. The first-order valence-corrected chi connectivity index (χ1v) is 9.10. The van der Waals surface area contributed by atoms with Gasteiger partial charge in [-0.15, -0.1) is 0 Å². The minimum Gasteiger partial charge on any atom is -0.316 e. The number of amides is 1. The summed E-state index contributed by atoms with van der Waals surface area (Å²) in [5.74, 6) is -0.763. The maximum Gasteiger partial charge on any atom is 0.325 e. The Hall–Kier alpha value is -4.27. The molecule has 4 aromatic rings. The number of carbonyl (C=O) groups excluding carboxylic acids is 1. The summed E-state index contributed by atoms with van der Waals surface area (Å²) in [6, 6.07) is 12.6. The molecule has 1 amide bonds. The van der Waals surface area contributed by atoms with Gasteiger partial charge in [0.05, 0.1) is 6.54 Å². The van der Waals surface area contributed by atoms with E-state index in [4.69, 9.17) is 0 Å². The molecule has 0 unspecified atom stereocenters. The Morgan fingerprint density at radius 1 is 1.13 bits per heavy atom. The minimum atomic E-state index is -0.769. The van der Waals surface area contributed by atoms with Crippen LogP contribution in [0.15, 0.2) is 69.2 Å². The van der Waals surface area contributed by atoms with Crippen molar-refractivity contribution < 1.29 is 4.79 Å². The van der Waals surface area contributed by atoms with E-state index in [2.05, 4.69) is 15.3 Å². The molecule has 0 fully saturated rings. The smallest absolute Gasteiger partial charge is 0.316 e. The van der Waals surface area contributed by atoms with Gasteiger partial charge >= 0.3 is 5.69 Å². The second-order valence-corrected chi connectivity index (χ2v) is 6.79. The molecule has 0 saturated heterocycles. The maximum absolute atomic E-state index is 13.1. The molecule has 9 heteroatoms. The highest BCUT2D eigenvalue weighted by atomic mass is 16.2. The fourth-order valence-corrected chi connectivity index (χ4v) is 3.08. The van der Waals surface area contributed by atoms with Crippen LogP contribution in [-0.4, -0.2) is 25.4 Å². The number of hydrogen-bond acceptors (Lipinski definition) is 5. The van der Waals surface area contributed by atoms with Crippen molar-refractivity contribution in [3.63, 3.8) is 0 Å². The van der Waals surface area contributed by atoms with E-state index in [-0.39, 0.29) is 17.8 Å². The number of anilines is 1. The lowest BCUT2D eigenvalue weighted by Crippen LogP contribution is -2.32. The third kappa shape index (κ3) is 3.68. The summed E-state index contributed by atoms with van der Waals surface area (Å²) in [5, 5.41) is 2.97. The Labute approximate surface area is 169 Å². The van der Waals surface area contributed by atoms with Crippen molar-refractivity contribution in [2.24, 2.45) is 0 Å². The molecule has 0 spiro atoms. The summed E-state index contributed by atoms with van der Waals surface area (Å²) in [4.78, 5) is 57.5. The van der Waals surface area contributed by atoms with Gasteiger partial charge in [-0.2, -0.15) is 0 Å². The molecule has 0 aliphatic rings. The summed E-state index contributed by atoms with van der Waals surface area (Å²) < 4.78 is 1.42. The molecule has 0 atom stereocenters. The van der Waals surface area contributed by atoms with Gasteiger partial charge in [-0.3, -0.25) is 23.9 Å². The fraction of sp³-hybridized carbons (Fsp3) is 0.0952. The van der Waals surface area contributed by atoms with Crippen LogP contribution in [0, 0.1) is 6.92 Å². The predicted molar refractivity (Wildman–Crippen MR) is 112 cm³/mol. The lowest BCUT2D eigenvalue weighted by atomic mass is 10.1. The molecular weight excluding hydrogens is 386 g/mol. The molecule has 0 saturated carbocycles. The SMILES string of the molecule is Cc1ccc(Cn2c(=O)c(C(=O)Nc3c[nH]c(=O)[nH]c3=O)cc3cccnc32)cc1. The third-order valence-corrected chi connectivity index (χ3v) is 4.62. The highest BCUT2D eigenvalue weighted by molar-refractivity contribution is 6.05. The minimum absolute atomic E-state index is 0.145. The van der Waals surface area contributed by atoms with Crippen LogP contribution in [0.3, 0.4) is 0 Å². The molecule has 0 radical (unpaired) electrons. The van der Waals surface area contributed by atoms with Gasteiger partial charge in [-0.05, 0) is 30.7 Å². The molecule has 3 N–H and O–H groups in total. The van der Waals surface area contributed by atoms with Crippen LogP contribution in [0.1, 0.15) is 21.5 Å². The van der Waals surface area contributed by atoms with Crippen LogP contribution in [0.2, 0.25) is 0 Å². The summed E-state index contributed by atoms with van der Waals surface area (Å²) in [5.41, 5.74) is 0.0904. The molecule has 3 aromatic heterocycles. The van der Waals surface area contributed by atoms with Crippen LogP contribution in [-0.2, 0) is 6.54 Å². The molecule has 0 aliphatic heterocycles. The van der Waals surface area contributed by atoms with Crippen molar-refractivity contribution in [1.29, 1.82) is 0 Å². The maximum atomic E-state index is 13.1. The Bertz CT molecular complexity index is 1430. The first-order chi connectivity index (χ1) is 14.4. The number of carbonyl (C=O) groups is 1. The van der Waals surface area contributed by atoms with Crippen molar-refractivity contribution in [3.8, 4) is 0 Å². The van der Waals surface area contributed by atoms with E-state index >= 15 is 0 Å². The first-order valence-electron chi connectivity index (χ1n) is 9.10. The van der Waals surface area contributed by atoms with Crippen LogP contribution >= 0.6 is 0 Å². The molecule has 9 nitrogen and oxygen atoms in total. The number of benzene rings is 1. The fourth-order valence-electron chi connectivity index (χ4n) is 3.08. The van der Waals surface area contributed by atoms with E-state index in [1.165, 1.54) is 10.6 Å². The van der Waals surface area contributed by atoms with Gasteiger partial charge in [0.25, 0.3) is 17.0 Å². The van der Waals surface area contributed by atoms with Crippen LogP contribution < -0.4 is 22.1 Å². The highest BCUT2D eigenvalue weighted by Gasteiger charge is 2.18. The largest absolute Gasteiger partial charge is 0.325 e. The zero-order chi connectivity index (χ0) is 21.3. The van der Waals surface area contributed by atoms with E-state index < -0.39 is 22.7 Å².